The summed E-state index contributed by atoms with van der Waals surface area (Å²) < 4.78 is 28.2. The first kappa shape index (κ1) is 20.1. The number of nitrogens with one attached hydrogen (secondary N) is 2. The van der Waals surface area contributed by atoms with E-state index < -0.39 is 10.0 Å². The highest BCUT2D eigenvalue weighted by Gasteiger charge is 2.22. The highest BCUT2D eigenvalue weighted by molar-refractivity contribution is 7.89. The summed E-state index contributed by atoms with van der Waals surface area (Å²) >= 11 is 0. The Kier molecular flexibility index (Phi) is 6.92. The van der Waals surface area contributed by atoms with Gasteiger partial charge in [0.1, 0.15) is 5.52 Å². The Balaban J connectivity index is 2.11. The zero-order valence-electron chi connectivity index (χ0n) is 15.4. The van der Waals surface area contributed by atoms with E-state index >= 15 is 0 Å². The van der Waals surface area contributed by atoms with Crippen molar-refractivity contribution in [1.29, 1.82) is 0 Å². The van der Waals surface area contributed by atoms with Gasteiger partial charge in [0, 0.05) is 26.2 Å². The van der Waals surface area contributed by atoms with Crippen LogP contribution in [0.25, 0.3) is 11.0 Å². The van der Waals surface area contributed by atoms with E-state index in [-0.39, 0.29) is 10.9 Å². The van der Waals surface area contributed by atoms with Crippen LogP contribution in [-0.4, -0.2) is 59.9 Å². The first-order valence-corrected chi connectivity index (χ1v) is 10.2. The number of urea groups is 1. The molecule has 0 atom stereocenters. The maximum Gasteiger partial charge on any atom is 0.314 e. The third-order valence-corrected chi connectivity index (χ3v) is 6.02. The fraction of sp³-hybridized carbons (Fsp3) is 0.562. The molecule has 0 spiro atoms. The Morgan fingerprint density at radius 1 is 1.15 bits per heavy atom. The van der Waals surface area contributed by atoms with Crippen LogP contribution >= 0.6 is 0 Å². The van der Waals surface area contributed by atoms with Crippen molar-refractivity contribution in [3.63, 3.8) is 0 Å². The fourth-order valence-electron chi connectivity index (χ4n) is 2.57. The minimum absolute atomic E-state index is 0.206. The number of carbonyl (C=O) groups is 1. The van der Waals surface area contributed by atoms with Crippen LogP contribution in [0.5, 0.6) is 0 Å². The predicted octanol–water partition coefficient (Wildman–Crippen LogP) is 1.17. The van der Waals surface area contributed by atoms with Crippen molar-refractivity contribution in [2.24, 2.45) is 0 Å². The molecule has 1 heterocycles. The minimum atomic E-state index is -3.53. The summed E-state index contributed by atoms with van der Waals surface area (Å²) in [7, 11) is -3.53. The van der Waals surface area contributed by atoms with Crippen molar-refractivity contribution in [3.8, 4) is 0 Å². The van der Waals surface area contributed by atoms with Gasteiger partial charge in [0.2, 0.25) is 10.0 Å². The molecule has 0 saturated heterocycles. The van der Waals surface area contributed by atoms with Crippen LogP contribution in [0.4, 0.5) is 4.79 Å². The van der Waals surface area contributed by atoms with E-state index in [1.54, 1.807) is 30.7 Å². The van der Waals surface area contributed by atoms with Crippen LogP contribution in [-0.2, 0) is 16.6 Å². The molecule has 144 valence electrons. The lowest BCUT2D eigenvalue weighted by atomic mass is 10.3. The second-order valence-corrected chi connectivity index (χ2v) is 7.67. The number of hydrogen-bond donors (Lipinski definition) is 2. The van der Waals surface area contributed by atoms with Gasteiger partial charge >= 0.3 is 6.03 Å². The molecule has 0 fully saturated rings. The normalized spacial score (nSPS) is 11.8. The maximum atomic E-state index is 12.6. The van der Waals surface area contributed by atoms with Gasteiger partial charge in [-0.3, -0.25) is 0 Å². The number of carbonyl (C=O) groups excluding carboxylic acids is 1. The predicted molar refractivity (Wildman–Crippen MR) is 99.3 cm³/mol. The Morgan fingerprint density at radius 3 is 2.50 bits per heavy atom. The van der Waals surface area contributed by atoms with Gasteiger partial charge in [-0.25, -0.2) is 17.9 Å². The van der Waals surface area contributed by atoms with Crippen molar-refractivity contribution in [3.05, 3.63) is 18.2 Å². The molecule has 2 amide bonds. The van der Waals surface area contributed by atoms with Gasteiger partial charge in [-0.2, -0.15) is 4.31 Å². The number of sulfonamides is 1. The molecule has 2 aromatic rings. The van der Waals surface area contributed by atoms with E-state index in [0.717, 1.165) is 11.9 Å². The quantitative estimate of drug-likeness (QED) is 0.677. The van der Waals surface area contributed by atoms with E-state index in [1.165, 1.54) is 10.4 Å². The summed E-state index contributed by atoms with van der Waals surface area (Å²) in [6.07, 6.45) is 0.875. The monoisotopic (exact) mass is 382 g/mol. The van der Waals surface area contributed by atoms with E-state index in [2.05, 4.69) is 20.9 Å². The second-order valence-electron chi connectivity index (χ2n) is 5.74. The number of rotatable bonds is 9. The Bertz CT molecular complexity index is 845. The number of amides is 2. The number of benzene rings is 1. The Morgan fingerprint density at radius 2 is 1.85 bits per heavy atom. The van der Waals surface area contributed by atoms with Crippen LogP contribution in [0.15, 0.2) is 23.1 Å². The summed E-state index contributed by atoms with van der Waals surface area (Å²) in [5.41, 5.74) is 1.23. The van der Waals surface area contributed by atoms with Crippen LogP contribution < -0.4 is 10.6 Å². The van der Waals surface area contributed by atoms with Gasteiger partial charge in [-0.15, -0.1) is 5.10 Å². The van der Waals surface area contributed by atoms with Crippen LogP contribution in [0.2, 0.25) is 0 Å². The molecule has 0 aliphatic carbocycles. The van der Waals surface area contributed by atoms with E-state index in [0.29, 0.717) is 38.2 Å². The number of fused-ring (bicyclic) bond motifs is 1. The van der Waals surface area contributed by atoms with Gasteiger partial charge in [0.25, 0.3) is 0 Å². The van der Waals surface area contributed by atoms with Gasteiger partial charge in [-0.05, 0) is 24.6 Å². The molecule has 0 saturated carbocycles. The molecule has 2 N–H and O–H groups in total. The zero-order chi connectivity index (χ0) is 19.2. The summed E-state index contributed by atoms with van der Waals surface area (Å²) in [4.78, 5) is 11.7. The fourth-order valence-corrected chi connectivity index (χ4v) is 4.05. The van der Waals surface area contributed by atoms with E-state index in [1.807, 2.05) is 6.92 Å². The number of aromatic nitrogens is 3. The zero-order valence-corrected chi connectivity index (χ0v) is 16.2. The van der Waals surface area contributed by atoms with Crippen molar-refractivity contribution in [2.45, 2.75) is 38.6 Å². The van der Waals surface area contributed by atoms with Crippen LogP contribution in [0.1, 0.15) is 27.2 Å². The highest BCUT2D eigenvalue weighted by atomic mass is 32.2. The summed E-state index contributed by atoms with van der Waals surface area (Å²) in [5, 5.41) is 13.6. The van der Waals surface area contributed by atoms with Crippen molar-refractivity contribution in [2.75, 3.05) is 26.2 Å². The van der Waals surface area contributed by atoms with Crippen molar-refractivity contribution < 1.29 is 13.2 Å². The lowest BCUT2D eigenvalue weighted by Gasteiger charge is -2.18. The topological polar surface area (TPSA) is 109 Å². The molecule has 1 aromatic heterocycles. The Hall–Kier alpha value is -2.20. The smallest absolute Gasteiger partial charge is 0.314 e. The molecule has 0 radical (unpaired) electrons. The summed E-state index contributed by atoms with van der Waals surface area (Å²) in [5.74, 6) is 0. The molecule has 10 heteroatoms. The Labute approximate surface area is 153 Å². The largest absolute Gasteiger partial charge is 0.338 e. The van der Waals surface area contributed by atoms with Gasteiger partial charge in [-0.1, -0.05) is 26.0 Å². The minimum Gasteiger partial charge on any atom is -0.338 e. The molecule has 0 bridgehead atoms. The second kappa shape index (κ2) is 8.95. The van der Waals surface area contributed by atoms with Gasteiger partial charge in [0.15, 0.2) is 0 Å². The molecule has 0 aliphatic rings. The first-order valence-electron chi connectivity index (χ1n) is 8.79. The summed E-state index contributed by atoms with van der Waals surface area (Å²) in [6, 6.07) is 4.58. The van der Waals surface area contributed by atoms with Crippen LogP contribution in [0.3, 0.4) is 0 Å². The standard InChI is InChI=1S/C16H26N6O3S/c1-4-9-17-16(23)18-10-11-22-15-8-7-13(12-14(15)19-20-22)26(24,25)21(5-2)6-3/h7-8,12H,4-6,9-11H2,1-3H3,(H2,17,18,23). The third-order valence-electron chi connectivity index (χ3n) is 3.97. The van der Waals surface area contributed by atoms with E-state index in [9.17, 15) is 13.2 Å². The lowest BCUT2D eigenvalue weighted by molar-refractivity contribution is 0.240. The van der Waals surface area contributed by atoms with Crippen LogP contribution in [0, 0.1) is 0 Å². The molecule has 26 heavy (non-hydrogen) atoms. The first-order chi connectivity index (χ1) is 12.4. The number of nitrogens with zero attached hydrogens (tertiary/aromatic N) is 4. The molecule has 0 unspecified atom stereocenters. The average molecular weight is 382 g/mol. The van der Waals surface area contributed by atoms with Crippen molar-refractivity contribution in [1.82, 2.24) is 29.9 Å². The summed E-state index contributed by atoms with van der Waals surface area (Å²) in [6.45, 7) is 7.88. The molecular formula is C16H26N6O3S. The molecule has 9 nitrogen and oxygen atoms in total. The van der Waals surface area contributed by atoms with E-state index in [4.69, 9.17) is 0 Å². The molecular weight excluding hydrogens is 356 g/mol. The molecule has 2 rings (SSSR count). The van der Waals surface area contributed by atoms with Gasteiger partial charge < -0.3 is 10.6 Å². The SMILES string of the molecule is CCCNC(=O)NCCn1nnc2cc(S(=O)(=O)N(CC)CC)ccc21. The average Bonchev–Trinajstić information content (AvgIpc) is 3.03. The van der Waals surface area contributed by atoms with Crippen molar-refractivity contribution >= 4 is 27.1 Å². The maximum absolute atomic E-state index is 12.6. The molecule has 1 aromatic carbocycles. The lowest BCUT2D eigenvalue weighted by Crippen LogP contribution is -2.37. The van der Waals surface area contributed by atoms with Gasteiger partial charge in [0.05, 0.1) is 17.0 Å². The highest BCUT2D eigenvalue weighted by Crippen LogP contribution is 2.20. The number of hydrogen-bond acceptors (Lipinski definition) is 5. The third kappa shape index (κ3) is 4.50. The molecule has 0 aliphatic heterocycles.